The van der Waals surface area contributed by atoms with Crippen LogP contribution in [0.2, 0.25) is 0 Å². The van der Waals surface area contributed by atoms with E-state index in [2.05, 4.69) is 12.2 Å². The van der Waals surface area contributed by atoms with E-state index in [-0.39, 0.29) is 11.9 Å². The average Bonchev–Trinajstić information content (AvgIpc) is 2.34. The summed E-state index contributed by atoms with van der Waals surface area (Å²) in [5, 5.41) is 11.6. The molecule has 1 aliphatic heterocycles. The molecule has 0 aromatic heterocycles. The molecule has 0 bridgehead atoms. The van der Waals surface area contributed by atoms with Crippen LogP contribution in [-0.4, -0.2) is 41.6 Å². The number of unbranched alkanes of at least 4 members (excludes halogenated alkanes) is 7. The highest BCUT2D eigenvalue weighted by Crippen LogP contribution is 2.15. The Morgan fingerprint density at radius 2 is 1.60 bits per heavy atom. The summed E-state index contributed by atoms with van der Waals surface area (Å²) < 4.78 is 0. The Bertz CT molecular complexity index is 301. The second-order valence-corrected chi connectivity index (χ2v) is 5.65. The highest BCUT2D eigenvalue weighted by molar-refractivity contribution is 5.79. The quantitative estimate of drug-likeness (QED) is 0.606. The largest absolute Gasteiger partial charge is 0.481 e. The van der Waals surface area contributed by atoms with Crippen LogP contribution < -0.4 is 5.32 Å². The normalized spacial score (nSPS) is 14.9. The second-order valence-electron chi connectivity index (χ2n) is 5.65. The maximum Gasteiger partial charge on any atom is 0.317 e. The molecule has 20 heavy (non-hydrogen) atoms. The van der Waals surface area contributed by atoms with Crippen molar-refractivity contribution in [1.82, 2.24) is 10.2 Å². The van der Waals surface area contributed by atoms with Crippen molar-refractivity contribution in [3.8, 4) is 0 Å². The van der Waals surface area contributed by atoms with E-state index in [1.54, 1.807) is 4.90 Å². The summed E-state index contributed by atoms with van der Waals surface area (Å²) in [4.78, 5) is 23.8. The van der Waals surface area contributed by atoms with Crippen molar-refractivity contribution < 1.29 is 14.7 Å². The third-order valence-corrected chi connectivity index (χ3v) is 3.82. The molecule has 0 aromatic rings. The van der Waals surface area contributed by atoms with E-state index < -0.39 is 5.97 Å². The zero-order valence-electron chi connectivity index (χ0n) is 12.6. The summed E-state index contributed by atoms with van der Waals surface area (Å²) >= 11 is 0. The Hall–Kier alpha value is -1.26. The van der Waals surface area contributed by atoms with E-state index in [0.717, 1.165) is 12.8 Å². The molecule has 0 aromatic carbocycles. The van der Waals surface area contributed by atoms with Crippen LogP contribution in [-0.2, 0) is 4.79 Å². The molecule has 0 unspecified atom stereocenters. The number of hydrogen-bond donors (Lipinski definition) is 2. The maximum atomic E-state index is 11.6. The minimum absolute atomic E-state index is 0.120. The van der Waals surface area contributed by atoms with E-state index in [9.17, 15) is 9.59 Å². The number of amides is 2. The van der Waals surface area contributed by atoms with Crippen LogP contribution in [0.1, 0.15) is 58.3 Å². The number of carboxylic acid groups (broad SMARTS) is 1. The van der Waals surface area contributed by atoms with E-state index >= 15 is 0 Å². The predicted octanol–water partition coefficient (Wildman–Crippen LogP) is 2.85. The number of likely N-dealkylation sites (tertiary alicyclic amines) is 1. The van der Waals surface area contributed by atoms with Gasteiger partial charge < -0.3 is 15.3 Å². The first kappa shape index (κ1) is 16.8. The molecule has 2 amide bonds. The lowest BCUT2D eigenvalue weighted by atomic mass is 10.0. The fraction of sp³-hybridized carbons (Fsp3) is 0.867. The first-order valence-corrected chi connectivity index (χ1v) is 7.90. The van der Waals surface area contributed by atoms with Gasteiger partial charge in [-0.05, 0) is 6.42 Å². The van der Waals surface area contributed by atoms with Crippen LogP contribution >= 0.6 is 0 Å². The Labute approximate surface area is 121 Å². The van der Waals surface area contributed by atoms with Crippen LogP contribution in [0.4, 0.5) is 4.79 Å². The van der Waals surface area contributed by atoms with Crippen molar-refractivity contribution in [3.63, 3.8) is 0 Å². The number of nitrogens with one attached hydrogen (secondary N) is 1. The molecule has 116 valence electrons. The van der Waals surface area contributed by atoms with Crippen molar-refractivity contribution in [1.29, 1.82) is 0 Å². The summed E-state index contributed by atoms with van der Waals surface area (Å²) in [7, 11) is 0. The standard InChI is InChI=1S/C15H28N2O3/c1-2-3-4-5-6-7-8-9-10-16-15(20)17-11-13(12-17)14(18)19/h13H,2-12H2,1H3,(H,16,20)(H,18,19). The number of hydrogen-bond acceptors (Lipinski definition) is 2. The molecule has 1 fully saturated rings. The number of aliphatic carboxylic acids is 1. The second kappa shape index (κ2) is 9.61. The summed E-state index contributed by atoms with van der Waals surface area (Å²) in [6.07, 6.45) is 9.98. The van der Waals surface area contributed by atoms with E-state index in [1.807, 2.05) is 0 Å². The molecule has 1 heterocycles. The fourth-order valence-electron chi connectivity index (χ4n) is 2.37. The number of carboxylic acids is 1. The molecule has 1 aliphatic rings. The van der Waals surface area contributed by atoms with Crippen LogP contribution in [0.25, 0.3) is 0 Å². The van der Waals surface area contributed by atoms with Crippen LogP contribution in [0.15, 0.2) is 0 Å². The summed E-state index contributed by atoms with van der Waals surface area (Å²) in [6, 6.07) is -0.120. The summed E-state index contributed by atoms with van der Waals surface area (Å²) in [6.45, 7) is 3.61. The number of rotatable bonds is 10. The molecule has 1 rings (SSSR count). The topological polar surface area (TPSA) is 69.6 Å². The van der Waals surface area contributed by atoms with Gasteiger partial charge in [0.05, 0.1) is 5.92 Å². The van der Waals surface area contributed by atoms with E-state index in [0.29, 0.717) is 19.6 Å². The first-order chi connectivity index (χ1) is 9.65. The van der Waals surface area contributed by atoms with Gasteiger partial charge in [-0.1, -0.05) is 51.9 Å². The number of urea groups is 1. The number of carbonyl (C=O) groups is 2. The van der Waals surface area contributed by atoms with Crippen LogP contribution in [0.3, 0.4) is 0 Å². The minimum Gasteiger partial charge on any atom is -0.481 e. The molecule has 0 spiro atoms. The predicted molar refractivity (Wildman–Crippen MR) is 78.7 cm³/mol. The molecular weight excluding hydrogens is 256 g/mol. The molecule has 1 saturated heterocycles. The summed E-state index contributed by atoms with van der Waals surface area (Å²) in [5.74, 6) is -1.18. The molecule has 2 N–H and O–H groups in total. The van der Waals surface area contributed by atoms with Gasteiger partial charge >= 0.3 is 12.0 Å². The van der Waals surface area contributed by atoms with Gasteiger partial charge in [0.1, 0.15) is 0 Å². The van der Waals surface area contributed by atoms with E-state index in [4.69, 9.17) is 5.11 Å². The molecule has 5 heteroatoms. The molecule has 0 saturated carbocycles. The van der Waals surface area contributed by atoms with Gasteiger partial charge in [-0.25, -0.2) is 4.79 Å². The number of nitrogens with zero attached hydrogens (tertiary/aromatic N) is 1. The van der Waals surface area contributed by atoms with E-state index in [1.165, 1.54) is 38.5 Å². The van der Waals surface area contributed by atoms with Gasteiger partial charge in [-0.3, -0.25) is 4.79 Å². The Morgan fingerprint density at radius 3 is 2.15 bits per heavy atom. The Morgan fingerprint density at radius 1 is 1.05 bits per heavy atom. The summed E-state index contributed by atoms with van der Waals surface area (Å²) in [5.41, 5.74) is 0. The van der Waals surface area contributed by atoms with Crippen molar-refractivity contribution in [2.24, 2.45) is 5.92 Å². The smallest absolute Gasteiger partial charge is 0.317 e. The monoisotopic (exact) mass is 284 g/mol. The van der Waals surface area contributed by atoms with Crippen LogP contribution in [0, 0.1) is 5.92 Å². The SMILES string of the molecule is CCCCCCCCCCNC(=O)N1CC(C(=O)O)C1. The number of carbonyl (C=O) groups excluding carboxylic acids is 1. The first-order valence-electron chi connectivity index (χ1n) is 7.90. The van der Waals surface area contributed by atoms with Crippen molar-refractivity contribution in [2.45, 2.75) is 58.3 Å². The fourth-order valence-corrected chi connectivity index (χ4v) is 2.37. The van der Waals surface area contributed by atoms with Crippen molar-refractivity contribution in [3.05, 3.63) is 0 Å². The van der Waals surface area contributed by atoms with Crippen molar-refractivity contribution in [2.75, 3.05) is 19.6 Å². The molecule has 0 radical (unpaired) electrons. The highest BCUT2D eigenvalue weighted by Gasteiger charge is 2.35. The average molecular weight is 284 g/mol. The van der Waals surface area contributed by atoms with Gasteiger partial charge in [0.2, 0.25) is 0 Å². The lowest BCUT2D eigenvalue weighted by Crippen LogP contribution is -2.56. The highest BCUT2D eigenvalue weighted by atomic mass is 16.4. The van der Waals surface area contributed by atoms with Gasteiger partial charge in [-0.15, -0.1) is 0 Å². The third kappa shape index (κ3) is 6.26. The lowest BCUT2D eigenvalue weighted by Gasteiger charge is -2.36. The van der Waals surface area contributed by atoms with Crippen LogP contribution in [0.5, 0.6) is 0 Å². The molecule has 0 aliphatic carbocycles. The van der Waals surface area contributed by atoms with Gasteiger partial charge in [0, 0.05) is 19.6 Å². The zero-order valence-corrected chi connectivity index (χ0v) is 12.6. The minimum atomic E-state index is -0.808. The van der Waals surface area contributed by atoms with Gasteiger partial charge in [0.25, 0.3) is 0 Å². The third-order valence-electron chi connectivity index (χ3n) is 3.82. The lowest BCUT2D eigenvalue weighted by molar-refractivity contribution is -0.146. The van der Waals surface area contributed by atoms with Gasteiger partial charge in [-0.2, -0.15) is 0 Å². The maximum absolute atomic E-state index is 11.6. The molecule has 0 atom stereocenters. The Balaban J connectivity index is 1.87. The Kier molecular flexibility index (Phi) is 8.07. The van der Waals surface area contributed by atoms with Crippen molar-refractivity contribution >= 4 is 12.0 Å². The molecule has 5 nitrogen and oxygen atoms in total. The zero-order chi connectivity index (χ0) is 14.8. The molecular formula is C15H28N2O3. The van der Waals surface area contributed by atoms with Gasteiger partial charge in [0.15, 0.2) is 0 Å².